The van der Waals surface area contributed by atoms with Gasteiger partial charge in [-0.05, 0) is 29.8 Å². The average molecular weight is 375 g/mol. The van der Waals surface area contributed by atoms with Crippen molar-refractivity contribution in [2.45, 2.75) is 13.0 Å². The first kappa shape index (κ1) is 20.8. The zero-order valence-electron chi connectivity index (χ0n) is 16.1. The second-order valence-corrected chi connectivity index (χ2v) is 5.81. The molecule has 1 aromatic heterocycles. The van der Waals surface area contributed by atoms with Crippen LogP contribution in [0.25, 0.3) is 0 Å². The molecule has 0 radical (unpaired) electrons. The molecule has 0 saturated carbocycles. The molecule has 0 aliphatic heterocycles. The number of guanidine groups is 1. The fourth-order valence-corrected chi connectivity index (χ4v) is 2.34. The Hall–Kier alpha value is -2.51. The van der Waals surface area contributed by atoms with Crippen LogP contribution in [-0.4, -0.2) is 53.0 Å². The number of benzene rings is 1. The zero-order valence-corrected chi connectivity index (χ0v) is 16.1. The first-order valence-corrected chi connectivity index (χ1v) is 9.06. The first-order chi connectivity index (χ1) is 13.3. The molecule has 0 fully saturated rings. The van der Waals surface area contributed by atoms with Gasteiger partial charge in [0.05, 0.1) is 39.7 Å². The molecule has 2 N–H and O–H groups in total. The molecule has 0 atom stereocenters. The van der Waals surface area contributed by atoms with E-state index in [0.29, 0.717) is 32.9 Å². The summed E-state index contributed by atoms with van der Waals surface area (Å²) in [5, 5.41) is 6.53. The highest BCUT2D eigenvalue weighted by atomic mass is 16.5. The van der Waals surface area contributed by atoms with Gasteiger partial charge >= 0.3 is 0 Å². The molecule has 0 aliphatic rings. The van der Waals surface area contributed by atoms with E-state index in [9.17, 15) is 0 Å². The van der Waals surface area contributed by atoms with Crippen LogP contribution in [0.2, 0.25) is 0 Å². The Labute approximate surface area is 160 Å². The lowest BCUT2D eigenvalue weighted by Gasteiger charge is -2.12. The van der Waals surface area contributed by atoms with Crippen molar-refractivity contribution in [3.63, 3.8) is 0 Å². The minimum atomic E-state index is 0.543. The SMILES string of the molecule is COCCNC(=NCCOCc1ccc(OC)cc1)NCCc1ccco1. The predicted molar refractivity (Wildman–Crippen MR) is 105 cm³/mol. The highest BCUT2D eigenvalue weighted by molar-refractivity contribution is 5.79. The fourth-order valence-electron chi connectivity index (χ4n) is 2.34. The van der Waals surface area contributed by atoms with Crippen LogP contribution in [-0.2, 0) is 22.5 Å². The third kappa shape index (κ3) is 8.61. The van der Waals surface area contributed by atoms with Crippen LogP contribution in [0.1, 0.15) is 11.3 Å². The van der Waals surface area contributed by atoms with E-state index in [0.717, 1.165) is 36.0 Å². The number of ether oxygens (including phenoxy) is 3. The summed E-state index contributed by atoms with van der Waals surface area (Å²) in [5.41, 5.74) is 1.11. The highest BCUT2D eigenvalue weighted by Crippen LogP contribution is 2.11. The molecule has 2 rings (SSSR count). The minimum absolute atomic E-state index is 0.543. The maximum atomic E-state index is 5.69. The summed E-state index contributed by atoms with van der Waals surface area (Å²) in [6.45, 7) is 3.71. The summed E-state index contributed by atoms with van der Waals surface area (Å²) < 4.78 is 21.2. The number of methoxy groups -OCH3 is 2. The number of nitrogens with one attached hydrogen (secondary N) is 2. The van der Waals surface area contributed by atoms with Crippen molar-refractivity contribution >= 4 is 5.96 Å². The van der Waals surface area contributed by atoms with Gasteiger partial charge in [0.2, 0.25) is 0 Å². The predicted octanol–water partition coefficient (Wildman–Crippen LogP) is 2.23. The quantitative estimate of drug-likeness (QED) is 0.337. The fraction of sp³-hybridized carbons (Fsp3) is 0.450. The Morgan fingerprint density at radius 2 is 1.85 bits per heavy atom. The van der Waals surface area contributed by atoms with Crippen LogP contribution in [0.3, 0.4) is 0 Å². The van der Waals surface area contributed by atoms with Crippen LogP contribution < -0.4 is 15.4 Å². The third-order valence-electron chi connectivity index (χ3n) is 3.78. The summed E-state index contributed by atoms with van der Waals surface area (Å²) in [5.74, 6) is 2.53. The van der Waals surface area contributed by atoms with E-state index in [1.165, 1.54) is 0 Å². The van der Waals surface area contributed by atoms with Crippen LogP contribution in [0.4, 0.5) is 0 Å². The molecule has 148 valence electrons. The normalized spacial score (nSPS) is 11.4. The van der Waals surface area contributed by atoms with Crippen molar-refractivity contribution < 1.29 is 18.6 Å². The molecule has 2 aromatic rings. The standard InChI is InChI=1S/C20H29N3O4/c1-24-14-11-22-20(21-10-9-19-4-3-13-27-19)23-12-15-26-16-17-5-7-18(25-2)8-6-17/h3-8,13H,9-12,14-16H2,1-2H3,(H2,21,22,23). The number of nitrogens with zero attached hydrogens (tertiary/aromatic N) is 1. The number of hydrogen-bond donors (Lipinski definition) is 2. The van der Waals surface area contributed by atoms with Crippen LogP contribution in [0.15, 0.2) is 52.1 Å². The number of furan rings is 1. The lowest BCUT2D eigenvalue weighted by atomic mass is 10.2. The maximum absolute atomic E-state index is 5.69. The second kappa shape index (κ2) is 12.8. The Morgan fingerprint density at radius 1 is 1.04 bits per heavy atom. The molecule has 1 heterocycles. The maximum Gasteiger partial charge on any atom is 0.191 e. The highest BCUT2D eigenvalue weighted by Gasteiger charge is 2.00. The molecular weight excluding hydrogens is 346 g/mol. The summed E-state index contributed by atoms with van der Waals surface area (Å²) in [7, 11) is 3.33. The monoisotopic (exact) mass is 375 g/mol. The van der Waals surface area contributed by atoms with Crippen molar-refractivity contribution in [1.29, 1.82) is 0 Å². The van der Waals surface area contributed by atoms with Gasteiger partial charge in [-0.3, -0.25) is 4.99 Å². The summed E-state index contributed by atoms with van der Waals surface area (Å²) in [4.78, 5) is 4.54. The van der Waals surface area contributed by atoms with E-state index in [-0.39, 0.29) is 0 Å². The minimum Gasteiger partial charge on any atom is -0.497 e. The van der Waals surface area contributed by atoms with Gasteiger partial charge in [0.1, 0.15) is 11.5 Å². The Bertz CT molecular complexity index is 642. The van der Waals surface area contributed by atoms with Gasteiger partial charge in [-0.1, -0.05) is 12.1 Å². The van der Waals surface area contributed by atoms with Gasteiger partial charge in [0.15, 0.2) is 5.96 Å². The van der Waals surface area contributed by atoms with Gasteiger partial charge in [-0.25, -0.2) is 0 Å². The summed E-state index contributed by atoms with van der Waals surface area (Å²) >= 11 is 0. The van der Waals surface area contributed by atoms with E-state index >= 15 is 0 Å². The van der Waals surface area contributed by atoms with Crippen LogP contribution in [0.5, 0.6) is 5.75 Å². The largest absolute Gasteiger partial charge is 0.497 e. The Balaban J connectivity index is 1.69. The first-order valence-electron chi connectivity index (χ1n) is 9.06. The zero-order chi connectivity index (χ0) is 19.2. The van der Waals surface area contributed by atoms with E-state index in [1.54, 1.807) is 20.5 Å². The Morgan fingerprint density at radius 3 is 2.56 bits per heavy atom. The van der Waals surface area contributed by atoms with Crippen molar-refractivity contribution in [2.75, 3.05) is 47.1 Å². The van der Waals surface area contributed by atoms with Crippen molar-refractivity contribution in [2.24, 2.45) is 4.99 Å². The van der Waals surface area contributed by atoms with Crippen LogP contribution >= 0.6 is 0 Å². The summed E-state index contributed by atoms with van der Waals surface area (Å²) in [6.07, 6.45) is 2.48. The van der Waals surface area contributed by atoms with E-state index in [4.69, 9.17) is 18.6 Å². The molecule has 27 heavy (non-hydrogen) atoms. The van der Waals surface area contributed by atoms with Crippen molar-refractivity contribution in [3.8, 4) is 5.75 Å². The lowest BCUT2D eigenvalue weighted by Crippen LogP contribution is -2.40. The number of rotatable bonds is 12. The van der Waals surface area contributed by atoms with Gasteiger partial charge < -0.3 is 29.3 Å². The van der Waals surface area contributed by atoms with Crippen LogP contribution in [0, 0.1) is 0 Å². The second-order valence-electron chi connectivity index (χ2n) is 5.81. The molecule has 0 bridgehead atoms. The Kier molecular flexibility index (Phi) is 9.84. The van der Waals surface area contributed by atoms with Crippen molar-refractivity contribution in [3.05, 3.63) is 54.0 Å². The van der Waals surface area contributed by atoms with E-state index < -0.39 is 0 Å². The molecular formula is C20H29N3O4. The molecule has 7 heteroatoms. The number of aliphatic imine (C=N–C) groups is 1. The van der Waals surface area contributed by atoms with Crippen molar-refractivity contribution in [1.82, 2.24) is 10.6 Å². The topological polar surface area (TPSA) is 77.2 Å². The van der Waals surface area contributed by atoms with Gasteiger partial charge in [0.25, 0.3) is 0 Å². The average Bonchev–Trinajstić information content (AvgIpc) is 3.21. The van der Waals surface area contributed by atoms with E-state index in [1.807, 2.05) is 36.4 Å². The molecule has 7 nitrogen and oxygen atoms in total. The third-order valence-corrected chi connectivity index (χ3v) is 3.78. The smallest absolute Gasteiger partial charge is 0.191 e. The number of hydrogen-bond acceptors (Lipinski definition) is 5. The molecule has 0 unspecified atom stereocenters. The van der Waals surface area contributed by atoms with Gasteiger partial charge in [0, 0.05) is 26.6 Å². The lowest BCUT2D eigenvalue weighted by molar-refractivity contribution is 0.128. The van der Waals surface area contributed by atoms with Gasteiger partial charge in [-0.15, -0.1) is 0 Å². The van der Waals surface area contributed by atoms with E-state index in [2.05, 4.69) is 15.6 Å². The molecule has 0 aliphatic carbocycles. The molecule has 0 spiro atoms. The summed E-state index contributed by atoms with van der Waals surface area (Å²) in [6, 6.07) is 11.7. The van der Waals surface area contributed by atoms with Gasteiger partial charge in [-0.2, -0.15) is 0 Å². The molecule has 1 aromatic carbocycles. The molecule has 0 saturated heterocycles. The molecule has 0 amide bonds.